The molecule has 0 aromatic heterocycles. The first-order valence-electron chi connectivity index (χ1n) is 7.42. The van der Waals surface area contributed by atoms with Gasteiger partial charge in [-0.15, -0.1) is 0 Å². The molecule has 20 heavy (non-hydrogen) atoms. The standard InChI is InChI=1S/C17H20N2O/c1-19(16(20)17(12-18)8-9-17)10-7-13-5-6-14-3-2-4-15(14)11-13/h5-6,11H,2-4,7-10H2,1H3. The minimum absolute atomic E-state index is 0.00107. The molecule has 0 bridgehead atoms. The summed E-state index contributed by atoms with van der Waals surface area (Å²) in [6.45, 7) is 0.695. The monoisotopic (exact) mass is 268 g/mol. The Balaban J connectivity index is 1.60. The molecule has 1 amide bonds. The highest BCUT2D eigenvalue weighted by molar-refractivity contribution is 5.88. The Kier molecular flexibility index (Phi) is 3.25. The van der Waals surface area contributed by atoms with Crippen molar-refractivity contribution in [3.05, 3.63) is 34.9 Å². The van der Waals surface area contributed by atoms with Gasteiger partial charge in [0.25, 0.3) is 0 Å². The molecule has 0 aliphatic heterocycles. The first kappa shape index (κ1) is 13.2. The van der Waals surface area contributed by atoms with Crippen LogP contribution >= 0.6 is 0 Å². The summed E-state index contributed by atoms with van der Waals surface area (Å²) in [7, 11) is 1.81. The Bertz CT molecular complexity index is 581. The Hall–Kier alpha value is -1.82. The Morgan fingerprint density at radius 1 is 1.35 bits per heavy atom. The van der Waals surface area contributed by atoms with E-state index < -0.39 is 5.41 Å². The van der Waals surface area contributed by atoms with Crippen LogP contribution in [0, 0.1) is 16.7 Å². The van der Waals surface area contributed by atoms with Crippen molar-refractivity contribution in [3.8, 4) is 6.07 Å². The molecule has 1 fully saturated rings. The largest absolute Gasteiger partial charge is 0.344 e. The summed E-state index contributed by atoms with van der Waals surface area (Å²) < 4.78 is 0. The molecule has 3 nitrogen and oxygen atoms in total. The number of likely N-dealkylation sites (N-methyl/N-ethyl adjacent to an activating group) is 1. The van der Waals surface area contributed by atoms with Crippen molar-refractivity contribution < 1.29 is 4.79 Å². The van der Waals surface area contributed by atoms with E-state index in [0.29, 0.717) is 6.54 Å². The molecule has 0 spiro atoms. The molecule has 0 atom stereocenters. The number of aryl methyl sites for hydroxylation is 2. The molecule has 0 radical (unpaired) electrons. The Morgan fingerprint density at radius 2 is 2.10 bits per heavy atom. The molecule has 3 heteroatoms. The minimum Gasteiger partial charge on any atom is -0.344 e. The molecule has 2 aliphatic carbocycles. The average molecular weight is 268 g/mol. The summed E-state index contributed by atoms with van der Waals surface area (Å²) in [6.07, 6.45) is 5.99. The van der Waals surface area contributed by atoms with Crippen LogP contribution in [0.2, 0.25) is 0 Å². The quantitative estimate of drug-likeness (QED) is 0.842. The SMILES string of the molecule is CN(CCc1ccc2c(c1)CCC2)C(=O)C1(C#N)CC1. The lowest BCUT2D eigenvalue weighted by Crippen LogP contribution is -2.34. The maximum Gasteiger partial charge on any atom is 0.242 e. The summed E-state index contributed by atoms with van der Waals surface area (Å²) in [5, 5.41) is 9.07. The number of amides is 1. The third-order valence-corrected chi connectivity index (χ3v) is 4.62. The third-order valence-electron chi connectivity index (χ3n) is 4.62. The zero-order chi connectivity index (χ0) is 14.2. The van der Waals surface area contributed by atoms with Crippen molar-refractivity contribution in [2.75, 3.05) is 13.6 Å². The average Bonchev–Trinajstić information content (AvgIpc) is 3.14. The topological polar surface area (TPSA) is 44.1 Å². The number of fused-ring (bicyclic) bond motifs is 1. The molecular formula is C17H20N2O. The lowest BCUT2D eigenvalue weighted by Gasteiger charge is -2.19. The van der Waals surface area contributed by atoms with Crippen molar-refractivity contribution in [2.24, 2.45) is 5.41 Å². The predicted molar refractivity (Wildman–Crippen MR) is 77.1 cm³/mol. The number of benzene rings is 1. The van der Waals surface area contributed by atoms with E-state index >= 15 is 0 Å². The maximum atomic E-state index is 12.2. The van der Waals surface area contributed by atoms with Gasteiger partial charge in [-0.05, 0) is 55.2 Å². The minimum atomic E-state index is -0.688. The predicted octanol–water partition coefficient (Wildman–Crippen LogP) is 2.48. The number of hydrogen-bond acceptors (Lipinski definition) is 2. The number of carbonyl (C=O) groups is 1. The fourth-order valence-corrected chi connectivity index (χ4v) is 3.04. The molecular weight excluding hydrogens is 248 g/mol. The first-order chi connectivity index (χ1) is 9.64. The van der Waals surface area contributed by atoms with E-state index in [1.807, 2.05) is 7.05 Å². The molecule has 1 aromatic rings. The third kappa shape index (κ3) is 2.31. The number of carbonyl (C=O) groups excluding carboxylic acids is 1. The van der Waals surface area contributed by atoms with Gasteiger partial charge in [0.15, 0.2) is 0 Å². The van der Waals surface area contributed by atoms with E-state index in [0.717, 1.165) is 19.3 Å². The van der Waals surface area contributed by atoms with Gasteiger partial charge in [-0.3, -0.25) is 4.79 Å². The van der Waals surface area contributed by atoms with Gasteiger partial charge < -0.3 is 4.90 Å². The van der Waals surface area contributed by atoms with E-state index in [-0.39, 0.29) is 5.91 Å². The molecule has 1 saturated carbocycles. The van der Waals surface area contributed by atoms with Gasteiger partial charge in [0.2, 0.25) is 5.91 Å². The van der Waals surface area contributed by atoms with Gasteiger partial charge in [-0.2, -0.15) is 5.26 Å². The molecule has 104 valence electrons. The molecule has 0 heterocycles. The summed E-state index contributed by atoms with van der Waals surface area (Å²) in [4.78, 5) is 13.9. The zero-order valence-electron chi connectivity index (χ0n) is 12.0. The van der Waals surface area contributed by atoms with Gasteiger partial charge >= 0.3 is 0 Å². The van der Waals surface area contributed by atoms with Gasteiger partial charge in [-0.25, -0.2) is 0 Å². The highest BCUT2D eigenvalue weighted by Gasteiger charge is 2.51. The first-order valence-corrected chi connectivity index (χ1v) is 7.42. The van der Waals surface area contributed by atoms with Crippen LogP contribution in [0.15, 0.2) is 18.2 Å². The fourth-order valence-electron chi connectivity index (χ4n) is 3.04. The van der Waals surface area contributed by atoms with Crippen LogP contribution in [-0.2, 0) is 24.1 Å². The second-order valence-corrected chi connectivity index (χ2v) is 6.13. The van der Waals surface area contributed by atoms with E-state index in [9.17, 15) is 4.79 Å². The van der Waals surface area contributed by atoms with Gasteiger partial charge in [0.1, 0.15) is 5.41 Å². The van der Waals surface area contributed by atoms with Crippen LogP contribution in [0.25, 0.3) is 0 Å². The highest BCUT2D eigenvalue weighted by Crippen LogP contribution is 2.46. The summed E-state index contributed by atoms with van der Waals surface area (Å²) >= 11 is 0. The number of hydrogen-bond donors (Lipinski definition) is 0. The van der Waals surface area contributed by atoms with Crippen molar-refractivity contribution in [1.29, 1.82) is 5.26 Å². The van der Waals surface area contributed by atoms with Crippen molar-refractivity contribution >= 4 is 5.91 Å². The number of nitriles is 1. The second kappa shape index (κ2) is 4.94. The lowest BCUT2D eigenvalue weighted by molar-refractivity contribution is -0.133. The molecule has 1 aromatic carbocycles. The van der Waals surface area contributed by atoms with Gasteiger partial charge in [-0.1, -0.05) is 18.2 Å². The van der Waals surface area contributed by atoms with Crippen LogP contribution in [-0.4, -0.2) is 24.4 Å². The van der Waals surface area contributed by atoms with E-state index in [1.165, 1.54) is 36.0 Å². The van der Waals surface area contributed by atoms with Crippen LogP contribution < -0.4 is 0 Å². The van der Waals surface area contributed by atoms with Gasteiger partial charge in [0, 0.05) is 13.6 Å². The number of rotatable bonds is 4. The van der Waals surface area contributed by atoms with Crippen molar-refractivity contribution in [2.45, 2.75) is 38.5 Å². The molecule has 0 N–H and O–H groups in total. The molecule has 2 aliphatic rings. The van der Waals surface area contributed by atoms with Crippen LogP contribution in [0.4, 0.5) is 0 Å². The van der Waals surface area contributed by atoms with Crippen LogP contribution in [0.3, 0.4) is 0 Å². The summed E-state index contributed by atoms with van der Waals surface area (Å²) in [6, 6.07) is 8.88. The Morgan fingerprint density at radius 3 is 2.80 bits per heavy atom. The summed E-state index contributed by atoms with van der Waals surface area (Å²) in [5.41, 5.74) is 3.58. The van der Waals surface area contributed by atoms with Crippen LogP contribution in [0.1, 0.15) is 36.0 Å². The molecule has 0 saturated heterocycles. The Labute approximate surface area is 120 Å². The normalized spacial score (nSPS) is 18.2. The zero-order valence-corrected chi connectivity index (χ0v) is 12.0. The number of nitrogens with zero attached hydrogens (tertiary/aromatic N) is 2. The summed E-state index contributed by atoms with van der Waals surface area (Å²) in [5.74, 6) is 0.00107. The highest BCUT2D eigenvalue weighted by atomic mass is 16.2. The molecule has 0 unspecified atom stereocenters. The lowest BCUT2D eigenvalue weighted by atomic mass is 10.0. The van der Waals surface area contributed by atoms with Crippen LogP contribution in [0.5, 0.6) is 0 Å². The van der Waals surface area contributed by atoms with Crippen molar-refractivity contribution in [3.63, 3.8) is 0 Å². The van der Waals surface area contributed by atoms with Gasteiger partial charge in [0.05, 0.1) is 6.07 Å². The van der Waals surface area contributed by atoms with E-state index in [1.54, 1.807) is 4.90 Å². The second-order valence-electron chi connectivity index (χ2n) is 6.13. The smallest absolute Gasteiger partial charge is 0.242 e. The van der Waals surface area contributed by atoms with E-state index in [2.05, 4.69) is 24.3 Å². The van der Waals surface area contributed by atoms with E-state index in [4.69, 9.17) is 5.26 Å². The van der Waals surface area contributed by atoms with Crippen molar-refractivity contribution in [1.82, 2.24) is 4.90 Å². The molecule has 3 rings (SSSR count). The maximum absolute atomic E-state index is 12.2. The fraction of sp³-hybridized carbons (Fsp3) is 0.529.